The molecule has 20 heavy (non-hydrogen) atoms. The lowest BCUT2D eigenvalue weighted by molar-refractivity contribution is 0.0783. The molecular weight excluding hydrogens is 320 g/mol. The number of aromatic nitrogens is 1. The molecule has 1 aromatic rings. The molecule has 0 radical (unpaired) electrons. The van der Waals surface area contributed by atoms with E-state index in [0.717, 1.165) is 35.6 Å². The molecule has 1 aliphatic heterocycles. The molecule has 1 saturated heterocycles. The normalized spacial score (nSPS) is 22.4. The first-order valence-electron chi connectivity index (χ1n) is 7.14. The number of hydrogen-bond acceptors (Lipinski definition) is 2. The lowest BCUT2D eigenvalue weighted by Crippen LogP contribution is -2.35. The number of halogens is 1. The van der Waals surface area contributed by atoms with E-state index in [1.54, 1.807) is 13.1 Å². The van der Waals surface area contributed by atoms with Crippen LogP contribution in [0.3, 0.4) is 0 Å². The highest BCUT2D eigenvalue weighted by Gasteiger charge is 2.37. The Hall–Kier alpha value is -1.10. The Bertz CT molecular complexity index is 619. The molecule has 0 bridgehead atoms. The van der Waals surface area contributed by atoms with Gasteiger partial charge in [-0.3, -0.25) is 9.59 Å². The highest BCUT2D eigenvalue weighted by Crippen LogP contribution is 2.41. The van der Waals surface area contributed by atoms with E-state index >= 15 is 0 Å². The quantitative estimate of drug-likeness (QED) is 0.830. The highest BCUT2D eigenvalue weighted by atomic mass is 79.9. The lowest BCUT2D eigenvalue weighted by Gasteiger charge is -2.17. The average Bonchev–Trinajstić information content (AvgIpc) is 3.17. The Kier molecular flexibility index (Phi) is 3.48. The first-order valence-corrected chi connectivity index (χ1v) is 7.93. The van der Waals surface area contributed by atoms with Gasteiger partial charge in [0, 0.05) is 30.3 Å². The van der Waals surface area contributed by atoms with E-state index in [0.29, 0.717) is 5.92 Å². The first kappa shape index (κ1) is 13.9. The molecule has 1 atom stereocenters. The van der Waals surface area contributed by atoms with Gasteiger partial charge in [-0.25, -0.2) is 0 Å². The van der Waals surface area contributed by atoms with Crippen LogP contribution < -0.4 is 5.56 Å². The molecule has 1 aromatic heterocycles. The molecule has 0 N–H and O–H groups in total. The summed E-state index contributed by atoms with van der Waals surface area (Å²) in [7, 11) is 1.70. The summed E-state index contributed by atoms with van der Waals surface area (Å²) >= 11 is 3.42. The predicted octanol–water partition coefficient (Wildman–Crippen LogP) is 2.33. The van der Waals surface area contributed by atoms with Crippen LogP contribution in [0.2, 0.25) is 0 Å². The van der Waals surface area contributed by atoms with Crippen LogP contribution in [-0.2, 0) is 7.05 Å². The van der Waals surface area contributed by atoms with Crippen LogP contribution >= 0.6 is 15.9 Å². The van der Waals surface area contributed by atoms with Crippen LogP contribution in [0.15, 0.2) is 15.3 Å². The van der Waals surface area contributed by atoms with Gasteiger partial charge in [-0.2, -0.15) is 0 Å². The maximum absolute atomic E-state index is 12.6. The van der Waals surface area contributed by atoms with Crippen molar-refractivity contribution in [2.45, 2.75) is 26.2 Å². The summed E-state index contributed by atoms with van der Waals surface area (Å²) in [6, 6.07) is 1.67. The minimum Gasteiger partial charge on any atom is -0.338 e. The Morgan fingerprint density at radius 2 is 2.00 bits per heavy atom. The van der Waals surface area contributed by atoms with Crippen molar-refractivity contribution in [2.24, 2.45) is 18.9 Å². The third-order valence-corrected chi connectivity index (χ3v) is 5.49. The van der Waals surface area contributed by atoms with Gasteiger partial charge >= 0.3 is 0 Å². The second-order valence-corrected chi connectivity index (χ2v) is 6.85. The zero-order valence-electron chi connectivity index (χ0n) is 11.9. The number of carbonyl (C=O) groups excluding carboxylic acids is 1. The first-order chi connectivity index (χ1) is 9.49. The molecule has 2 heterocycles. The second-order valence-electron chi connectivity index (χ2n) is 5.99. The molecule has 1 saturated carbocycles. The van der Waals surface area contributed by atoms with Crippen molar-refractivity contribution in [3.8, 4) is 0 Å². The Morgan fingerprint density at radius 1 is 1.30 bits per heavy atom. The number of likely N-dealkylation sites (tertiary alicyclic amines) is 1. The van der Waals surface area contributed by atoms with Gasteiger partial charge in [-0.1, -0.05) is 0 Å². The third-order valence-electron chi connectivity index (χ3n) is 4.69. The number of pyridine rings is 1. The highest BCUT2D eigenvalue weighted by molar-refractivity contribution is 9.10. The summed E-state index contributed by atoms with van der Waals surface area (Å²) in [4.78, 5) is 26.7. The van der Waals surface area contributed by atoms with E-state index < -0.39 is 0 Å². The van der Waals surface area contributed by atoms with E-state index in [2.05, 4.69) is 15.9 Å². The number of amides is 1. The number of carbonyl (C=O) groups is 1. The molecule has 2 fully saturated rings. The van der Waals surface area contributed by atoms with Crippen molar-refractivity contribution in [3.05, 3.63) is 32.2 Å². The van der Waals surface area contributed by atoms with Crippen molar-refractivity contribution >= 4 is 21.8 Å². The third kappa shape index (κ3) is 2.32. The smallest absolute Gasteiger partial charge is 0.263 e. The molecule has 3 rings (SSSR count). The van der Waals surface area contributed by atoms with Crippen LogP contribution in [0, 0.1) is 18.8 Å². The fraction of sp³-hybridized carbons (Fsp3) is 0.600. The van der Waals surface area contributed by atoms with Gasteiger partial charge in [0.1, 0.15) is 5.56 Å². The molecule has 1 unspecified atom stereocenters. The number of rotatable bonds is 2. The fourth-order valence-corrected chi connectivity index (χ4v) is 3.53. The molecule has 0 spiro atoms. The molecule has 0 aromatic carbocycles. The Morgan fingerprint density at radius 3 is 2.65 bits per heavy atom. The van der Waals surface area contributed by atoms with E-state index in [1.807, 2.05) is 11.8 Å². The van der Waals surface area contributed by atoms with Gasteiger partial charge in [0.2, 0.25) is 0 Å². The standard InChI is InChI=1S/C15H19BrN2O2/c1-9-13(16)7-12(14(19)17(9)2)15(20)18-6-5-11(8-18)10-3-4-10/h7,10-11H,3-6,8H2,1-2H3. The monoisotopic (exact) mass is 338 g/mol. The summed E-state index contributed by atoms with van der Waals surface area (Å²) in [5, 5.41) is 0. The summed E-state index contributed by atoms with van der Waals surface area (Å²) < 4.78 is 2.34. The molecule has 1 aliphatic carbocycles. The number of nitrogens with zero attached hydrogens (tertiary/aromatic N) is 2. The number of hydrogen-bond donors (Lipinski definition) is 0. The Labute approximate surface area is 126 Å². The van der Waals surface area contributed by atoms with Crippen LogP contribution in [0.25, 0.3) is 0 Å². The van der Waals surface area contributed by atoms with E-state index in [9.17, 15) is 9.59 Å². The minimum atomic E-state index is -0.203. The van der Waals surface area contributed by atoms with Crippen molar-refractivity contribution in [1.29, 1.82) is 0 Å². The predicted molar refractivity (Wildman–Crippen MR) is 80.9 cm³/mol. The van der Waals surface area contributed by atoms with Gasteiger partial charge in [-0.15, -0.1) is 0 Å². The van der Waals surface area contributed by atoms with Gasteiger partial charge in [0.15, 0.2) is 0 Å². The topological polar surface area (TPSA) is 42.3 Å². The molecule has 4 nitrogen and oxygen atoms in total. The molecule has 5 heteroatoms. The molecule has 108 valence electrons. The van der Waals surface area contributed by atoms with E-state index in [1.165, 1.54) is 17.4 Å². The maximum atomic E-state index is 12.6. The van der Waals surface area contributed by atoms with Crippen LogP contribution in [0.5, 0.6) is 0 Å². The SMILES string of the molecule is Cc1c(Br)cc(C(=O)N2CCC(C3CC3)C2)c(=O)n1C. The largest absolute Gasteiger partial charge is 0.338 e. The average molecular weight is 339 g/mol. The van der Waals surface area contributed by atoms with Crippen LogP contribution in [0.1, 0.15) is 35.3 Å². The van der Waals surface area contributed by atoms with Gasteiger partial charge in [0.25, 0.3) is 11.5 Å². The minimum absolute atomic E-state index is 0.116. The fourth-order valence-electron chi connectivity index (χ4n) is 3.03. The van der Waals surface area contributed by atoms with Crippen LogP contribution in [0.4, 0.5) is 0 Å². The van der Waals surface area contributed by atoms with Crippen molar-refractivity contribution in [2.75, 3.05) is 13.1 Å². The lowest BCUT2D eigenvalue weighted by atomic mass is 10.0. The second kappa shape index (κ2) is 5.02. The summed E-state index contributed by atoms with van der Waals surface area (Å²) in [6.45, 7) is 3.46. The Balaban J connectivity index is 1.86. The maximum Gasteiger partial charge on any atom is 0.263 e. The zero-order valence-corrected chi connectivity index (χ0v) is 13.4. The van der Waals surface area contributed by atoms with Crippen molar-refractivity contribution in [3.63, 3.8) is 0 Å². The molecular formula is C15H19BrN2O2. The zero-order chi connectivity index (χ0) is 14.4. The van der Waals surface area contributed by atoms with Gasteiger partial charge in [0.05, 0.1) is 0 Å². The van der Waals surface area contributed by atoms with Crippen molar-refractivity contribution < 1.29 is 4.79 Å². The van der Waals surface area contributed by atoms with Crippen LogP contribution in [-0.4, -0.2) is 28.5 Å². The summed E-state index contributed by atoms with van der Waals surface area (Å²) in [5.41, 5.74) is 0.913. The molecule has 1 amide bonds. The van der Waals surface area contributed by atoms with E-state index in [4.69, 9.17) is 0 Å². The van der Waals surface area contributed by atoms with Gasteiger partial charge < -0.3 is 9.47 Å². The van der Waals surface area contributed by atoms with Gasteiger partial charge in [-0.05, 0) is 60.0 Å². The van der Waals surface area contributed by atoms with Crippen molar-refractivity contribution in [1.82, 2.24) is 9.47 Å². The van der Waals surface area contributed by atoms with E-state index in [-0.39, 0.29) is 17.0 Å². The summed E-state index contributed by atoms with van der Waals surface area (Å²) in [5.74, 6) is 1.35. The summed E-state index contributed by atoms with van der Waals surface area (Å²) in [6.07, 6.45) is 3.71. The molecule has 2 aliphatic rings.